The van der Waals surface area contributed by atoms with Crippen LogP contribution in [0, 0.1) is 23.7 Å². The van der Waals surface area contributed by atoms with Gasteiger partial charge in [0.15, 0.2) is 0 Å². The summed E-state index contributed by atoms with van der Waals surface area (Å²) in [5.41, 5.74) is 1.05. The maximum absolute atomic E-state index is 10.8. The van der Waals surface area contributed by atoms with E-state index >= 15 is 0 Å². The molecule has 3 nitrogen and oxygen atoms in total. The summed E-state index contributed by atoms with van der Waals surface area (Å²) in [6, 6.07) is 0. The average Bonchev–Trinajstić information content (AvgIpc) is 3.33. The highest BCUT2D eigenvalue weighted by atomic mass is 16.3. The van der Waals surface area contributed by atoms with Gasteiger partial charge in [0.05, 0.1) is 11.7 Å². The molecule has 0 aromatic heterocycles. The molecule has 2 fully saturated rings. The number of hydrogen-bond donors (Lipinski definition) is 2. The van der Waals surface area contributed by atoms with Gasteiger partial charge < -0.3 is 15.1 Å². The molecule has 3 aliphatic carbocycles. The number of aliphatic hydroxyl groups is 2. The summed E-state index contributed by atoms with van der Waals surface area (Å²) in [6.07, 6.45) is 19.5. The van der Waals surface area contributed by atoms with E-state index in [1.54, 1.807) is 5.57 Å². The summed E-state index contributed by atoms with van der Waals surface area (Å²) in [4.78, 5) is 2.27. The van der Waals surface area contributed by atoms with Crippen molar-refractivity contribution in [3.8, 4) is 0 Å². The summed E-state index contributed by atoms with van der Waals surface area (Å²) in [7, 11) is 4.29. The molecule has 0 unspecified atom stereocenters. The zero-order valence-electron chi connectivity index (χ0n) is 18.4. The molecule has 3 aliphatic rings. The third-order valence-electron chi connectivity index (χ3n) is 7.68. The molecule has 0 aromatic carbocycles. The first-order valence-corrected chi connectivity index (χ1v) is 11.8. The lowest BCUT2D eigenvalue weighted by molar-refractivity contribution is 0.00416. The van der Waals surface area contributed by atoms with Crippen LogP contribution in [0.5, 0.6) is 0 Å². The molecule has 3 heteroatoms. The van der Waals surface area contributed by atoms with Crippen LogP contribution in [-0.4, -0.2) is 47.5 Å². The van der Waals surface area contributed by atoms with Crippen molar-refractivity contribution in [2.75, 3.05) is 20.6 Å². The molecule has 0 radical (unpaired) electrons. The lowest BCUT2D eigenvalue weighted by Gasteiger charge is -2.29. The SMILES string of the molecule is CN(C)CCCCCC1=C[C@H]2C[C@@H](O)[C@H](/C=C/C[C@@](C)(O)C3CCCC3)[C@H]2C1. The zero-order valence-corrected chi connectivity index (χ0v) is 18.4. The van der Waals surface area contributed by atoms with Crippen LogP contribution in [0.4, 0.5) is 0 Å². The van der Waals surface area contributed by atoms with E-state index in [0.29, 0.717) is 17.8 Å². The molecule has 0 aliphatic heterocycles. The average molecular weight is 390 g/mol. The fraction of sp³-hybridized carbons (Fsp3) is 0.840. The minimum Gasteiger partial charge on any atom is -0.392 e. The Labute approximate surface area is 172 Å². The monoisotopic (exact) mass is 389 g/mol. The largest absolute Gasteiger partial charge is 0.392 e. The lowest BCUT2D eigenvalue weighted by atomic mass is 9.83. The van der Waals surface area contributed by atoms with Gasteiger partial charge in [-0.3, -0.25) is 0 Å². The molecule has 28 heavy (non-hydrogen) atoms. The van der Waals surface area contributed by atoms with Crippen LogP contribution in [0.15, 0.2) is 23.8 Å². The van der Waals surface area contributed by atoms with Crippen LogP contribution < -0.4 is 0 Å². The van der Waals surface area contributed by atoms with Crippen molar-refractivity contribution >= 4 is 0 Å². The smallest absolute Gasteiger partial charge is 0.0682 e. The standard InChI is InChI=1S/C25H43NO2/c1-25(28,21-11-6-7-12-21)14-9-13-22-23-17-19(16-20(23)18-24(22)27)10-5-4-8-15-26(2)3/h9,13,16,20-24,27-28H,4-8,10-12,14-15,17-18H2,1-3H3/b13-9+/t20-,22+,23-,24+,25+/m0/s1. The Morgan fingerprint density at radius 3 is 2.64 bits per heavy atom. The van der Waals surface area contributed by atoms with Crippen molar-refractivity contribution in [1.29, 1.82) is 0 Å². The van der Waals surface area contributed by atoms with Crippen LogP contribution >= 0.6 is 0 Å². The minimum atomic E-state index is -0.582. The Balaban J connectivity index is 1.44. The maximum Gasteiger partial charge on any atom is 0.0682 e. The van der Waals surface area contributed by atoms with Crippen molar-refractivity contribution in [1.82, 2.24) is 4.90 Å². The van der Waals surface area contributed by atoms with E-state index in [9.17, 15) is 10.2 Å². The van der Waals surface area contributed by atoms with Crippen molar-refractivity contribution in [2.45, 2.75) is 89.3 Å². The van der Waals surface area contributed by atoms with Gasteiger partial charge in [0.1, 0.15) is 0 Å². The first-order chi connectivity index (χ1) is 13.4. The summed E-state index contributed by atoms with van der Waals surface area (Å²) < 4.78 is 0. The Kier molecular flexibility index (Phi) is 7.81. The fourth-order valence-electron chi connectivity index (χ4n) is 5.93. The molecule has 0 bridgehead atoms. The molecule has 0 heterocycles. The van der Waals surface area contributed by atoms with Gasteiger partial charge in [-0.05, 0) is 96.7 Å². The summed E-state index contributed by atoms with van der Waals surface area (Å²) in [5, 5.41) is 21.4. The molecular weight excluding hydrogens is 346 g/mol. The zero-order chi connectivity index (χ0) is 20.1. The van der Waals surface area contributed by atoms with Gasteiger partial charge in [-0.2, -0.15) is 0 Å². The second-order valence-corrected chi connectivity index (χ2v) is 10.3. The molecule has 0 amide bonds. The van der Waals surface area contributed by atoms with E-state index in [-0.39, 0.29) is 12.0 Å². The van der Waals surface area contributed by atoms with Gasteiger partial charge in [0, 0.05) is 5.92 Å². The normalized spacial score (nSPS) is 33.0. The van der Waals surface area contributed by atoms with E-state index in [1.165, 1.54) is 64.3 Å². The van der Waals surface area contributed by atoms with Crippen molar-refractivity contribution in [3.63, 3.8) is 0 Å². The van der Waals surface area contributed by atoms with Gasteiger partial charge >= 0.3 is 0 Å². The number of fused-ring (bicyclic) bond motifs is 1. The van der Waals surface area contributed by atoms with Gasteiger partial charge in [0.2, 0.25) is 0 Å². The van der Waals surface area contributed by atoms with Crippen LogP contribution in [0.1, 0.15) is 77.6 Å². The molecule has 0 saturated heterocycles. The Morgan fingerprint density at radius 1 is 1.18 bits per heavy atom. The Morgan fingerprint density at radius 2 is 1.93 bits per heavy atom. The summed E-state index contributed by atoms with van der Waals surface area (Å²) in [5.74, 6) is 1.87. The predicted molar refractivity (Wildman–Crippen MR) is 117 cm³/mol. The van der Waals surface area contributed by atoms with Crippen LogP contribution in [-0.2, 0) is 0 Å². The van der Waals surface area contributed by atoms with Gasteiger partial charge in [-0.25, -0.2) is 0 Å². The highest BCUT2D eigenvalue weighted by Crippen LogP contribution is 2.48. The number of rotatable bonds is 10. The molecule has 0 aromatic rings. The number of unbranched alkanes of at least 4 members (excludes halogenated alkanes) is 2. The van der Waals surface area contributed by atoms with Gasteiger partial charge in [-0.15, -0.1) is 0 Å². The minimum absolute atomic E-state index is 0.208. The maximum atomic E-state index is 10.8. The topological polar surface area (TPSA) is 43.7 Å². The van der Waals surface area contributed by atoms with Crippen molar-refractivity contribution < 1.29 is 10.2 Å². The summed E-state index contributed by atoms with van der Waals surface area (Å²) in [6.45, 7) is 3.20. The molecule has 2 N–H and O–H groups in total. The quantitative estimate of drug-likeness (QED) is 0.411. The first kappa shape index (κ1) is 22.1. The third kappa shape index (κ3) is 5.70. The van der Waals surface area contributed by atoms with E-state index < -0.39 is 5.60 Å². The van der Waals surface area contributed by atoms with Crippen molar-refractivity contribution in [2.24, 2.45) is 23.7 Å². The van der Waals surface area contributed by atoms with E-state index in [0.717, 1.165) is 12.8 Å². The number of nitrogens with zero attached hydrogens (tertiary/aromatic N) is 1. The molecule has 160 valence electrons. The third-order valence-corrected chi connectivity index (χ3v) is 7.68. The van der Waals surface area contributed by atoms with E-state index in [1.807, 2.05) is 6.92 Å². The van der Waals surface area contributed by atoms with Crippen LogP contribution in [0.25, 0.3) is 0 Å². The first-order valence-electron chi connectivity index (χ1n) is 11.8. The highest BCUT2D eigenvalue weighted by molar-refractivity contribution is 5.20. The Bertz CT molecular complexity index is 545. The van der Waals surface area contributed by atoms with Gasteiger partial charge in [0.25, 0.3) is 0 Å². The second kappa shape index (κ2) is 9.91. The highest BCUT2D eigenvalue weighted by Gasteiger charge is 2.43. The van der Waals surface area contributed by atoms with Gasteiger partial charge in [-0.1, -0.05) is 43.1 Å². The lowest BCUT2D eigenvalue weighted by Crippen LogP contribution is -2.32. The number of allylic oxidation sites excluding steroid dienone is 2. The van der Waals surface area contributed by atoms with E-state index in [2.05, 4.69) is 37.2 Å². The fourth-order valence-corrected chi connectivity index (χ4v) is 5.93. The number of aliphatic hydroxyl groups excluding tert-OH is 1. The molecular formula is C25H43NO2. The van der Waals surface area contributed by atoms with E-state index in [4.69, 9.17) is 0 Å². The van der Waals surface area contributed by atoms with Crippen molar-refractivity contribution in [3.05, 3.63) is 23.8 Å². The molecule has 3 rings (SSSR count). The molecule has 0 spiro atoms. The molecule has 5 atom stereocenters. The number of hydrogen-bond acceptors (Lipinski definition) is 3. The summed E-state index contributed by atoms with van der Waals surface area (Å²) >= 11 is 0. The van der Waals surface area contributed by atoms with Crippen LogP contribution in [0.2, 0.25) is 0 Å². The second-order valence-electron chi connectivity index (χ2n) is 10.3. The molecule has 2 saturated carbocycles. The van der Waals surface area contributed by atoms with Crippen LogP contribution in [0.3, 0.4) is 0 Å². The Hall–Kier alpha value is -0.640. The predicted octanol–water partition coefficient (Wildman–Crippen LogP) is 4.94.